The number of hydrogen-bond acceptors (Lipinski definition) is 4. The Balaban J connectivity index is 1.72. The summed E-state index contributed by atoms with van der Waals surface area (Å²) >= 11 is 5.30. The number of carbonyl (C=O) groups is 1. The van der Waals surface area contributed by atoms with Crippen molar-refractivity contribution in [1.29, 1.82) is 0 Å². The van der Waals surface area contributed by atoms with Gasteiger partial charge in [0.1, 0.15) is 5.82 Å². The number of aromatic amines is 1. The maximum absolute atomic E-state index is 14.2. The Bertz CT molecular complexity index is 1200. The lowest BCUT2D eigenvalue weighted by molar-refractivity contribution is 0.0598. The maximum atomic E-state index is 14.2. The van der Waals surface area contributed by atoms with Crippen LogP contribution in [0.4, 0.5) is 4.39 Å². The topological polar surface area (TPSA) is 67.3 Å². The van der Waals surface area contributed by atoms with Crippen molar-refractivity contribution in [2.24, 2.45) is 0 Å². The fourth-order valence-electron chi connectivity index (χ4n) is 3.67. The van der Waals surface area contributed by atoms with Crippen molar-refractivity contribution >= 4 is 29.0 Å². The highest BCUT2D eigenvalue weighted by atomic mass is 32.1. The van der Waals surface area contributed by atoms with Crippen molar-refractivity contribution in [3.8, 4) is 5.69 Å². The molecule has 1 fully saturated rings. The minimum atomic E-state index is -0.543. The summed E-state index contributed by atoms with van der Waals surface area (Å²) in [5.41, 5.74) is 0.549. The molecule has 2 aromatic carbocycles. The van der Waals surface area contributed by atoms with E-state index in [0.29, 0.717) is 36.2 Å². The molecular weight excluding hydrogens is 393 g/mol. The van der Waals surface area contributed by atoms with Gasteiger partial charge in [0.15, 0.2) is 4.77 Å². The van der Waals surface area contributed by atoms with Gasteiger partial charge in [-0.1, -0.05) is 12.1 Å². The van der Waals surface area contributed by atoms with Gasteiger partial charge in [-0.15, -0.1) is 0 Å². The molecule has 0 saturated carbocycles. The molecule has 0 bridgehead atoms. The van der Waals surface area contributed by atoms with E-state index in [1.165, 1.54) is 12.1 Å². The lowest BCUT2D eigenvalue weighted by Gasteiger charge is -2.17. The van der Waals surface area contributed by atoms with Crippen LogP contribution < -0.4 is 5.56 Å². The first kappa shape index (κ1) is 19.5. The SMILES string of the molecule is CCO[C@H]1CCN(C(=O)c2ccc3c(=O)n(-c4ccccc4F)c(=S)[nH]c3c2)C1. The molecule has 6 nitrogen and oxygen atoms in total. The standard InChI is InChI=1S/C21H20FN3O3S/c1-2-28-14-9-10-24(12-14)19(26)13-7-8-15-17(11-13)23-21(29)25(20(15)27)18-6-4-3-5-16(18)22/h3-8,11,14H,2,9-10,12H2,1H3,(H,23,29)/t14-/m0/s1. The number of amides is 1. The molecular formula is C21H20FN3O3S. The van der Waals surface area contributed by atoms with Crippen molar-refractivity contribution in [2.75, 3.05) is 19.7 Å². The number of hydrogen-bond donors (Lipinski definition) is 1. The van der Waals surface area contributed by atoms with Gasteiger partial charge >= 0.3 is 0 Å². The molecule has 8 heteroatoms. The van der Waals surface area contributed by atoms with Crippen molar-refractivity contribution < 1.29 is 13.9 Å². The Morgan fingerprint density at radius 2 is 2.10 bits per heavy atom. The largest absolute Gasteiger partial charge is 0.377 e. The van der Waals surface area contributed by atoms with Crippen LogP contribution in [0.5, 0.6) is 0 Å². The molecule has 1 N–H and O–H groups in total. The van der Waals surface area contributed by atoms with Crippen LogP contribution in [-0.4, -0.2) is 46.2 Å². The smallest absolute Gasteiger partial charge is 0.266 e. The number of nitrogens with zero attached hydrogens (tertiary/aromatic N) is 2. The molecule has 150 valence electrons. The number of fused-ring (bicyclic) bond motifs is 1. The van der Waals surface area contributed by atoms with E-state index < -0.39 is 11.4 Å². The summed E-state index contributed by atoms with van der Waals surface area (Å²) in [4.78, 5) is 30.5. The van der Waals surface area contributed by atoms with E-state index in [1.54, 1.807) is 35.2 Å². The summed E-state index contributed by atoms with van der Waals surface area (Å²) in [6.07, 6.45) is 0.867. The molecule has 0 aliphatic carbocycles. The quantitative estimate of drug-likeness (QED) is 0.666. The zero-order valence-electron chi connectivity index (χ0n) is 15.9. The maximum Gasteiger partial charge on any atom is 0.266 e. The third-order valence-corrected chi connectivity index (χ3v) is 5.36. The summed E-state index contributed by atoms with van der Waals surface area (Å²) in [6, 6.07) is 10.8. The zero-order chi connectivity index (χ0) is 20.5. The van der Waals surface area contributed by atoms with E-state index in [4.69, 9.17) is 17.0 Å². The number of likely N-dealkylation sites (tertiary alicyclic amines) is 1. The fraction of sp³-hybridized carbons (Fsp3) is 0.286. The van der Waals surface area contributed by atoms with Crippen LogP contribution in [-0.2, 0) is 4.74 Å². The van der Waals surface area contributed by atoms with Gasteiger partial charge in [-0.05, 0) is 55.9 Å². The molecule has 0 spiro atoms. The van der Waals surface area contributed by atoms with Crippen LogP contribution in [0, 0.1) is 10.6 Å². The van der Waals surface area contributed by atoms with E-state index in [1.807, 2.05) is 6.92 Å². The van der Waals surface area contributed by atoms with Crippen LogP contribution in [0.1, 0.15) is 23.7 Å². The van der Waals surface area contributed by atoms with Gasteiger partial charge in [-0.2, -0.15) is 0 Å². The van der Waals surface area contributed by atoms with Crippen LogP contribution in [0.25, 0.3) is 16.6 Å². The molecule has 0 unspecified atom stereocenters. The molecule has 29 heavy (non-hydrogen) atoms. The minimum Gasteiger partial charge on any atom is -0.377 e. The number of carbonyl (C=O) groups excluding carboxylic acids is 1. The molecule has 3 aromatic rings. The summed E-state index contributed by atoms with van der Waals surface area (Å²) < 4.78 is 21.0. The average Bonchev–Trinajstić information content (AvgIpc) is 3.17. The summed E-state index contributed by atoms with van der Waals surface area (Å²) in [6.45, 7) is 3.74. The Morgan fingerprint density at radius 1 is 1.31 bits per heavy atom. The van der Waals surface area contributed by atoms with E-state index in [0.717, 1.165) is 11.0 Å². The Labute approximate surface area is 171 Å². The normalized spacial score (nSPS) is 16.5. The van der Waals surface area contributed by atoms with Crippen molar-refractivity contribution in [3.63, 3.8) is 0 Å². The van der Waals surface area contributed by atoms with E-state index in [9.17, 15) is 14.0 Å². The number of halogens is 1. The van der Waals surface area contributed by atoms with Crippen LogP contribution in [0.15, 0.2) is 47.3 Å². The second-order valence-corrected chi connectivity index (χ2v) is 7.29. The van der Waals surface area contributed by atoms with E-state index in [2.05, 4.69) is 4.98 Å². The number of H-pyrrole nitrogens is 1. The third-order valence-electron chi connectivity index (χ3n) is 5.07. The number of benzene rings is 2. The highest BCUT2D eigenvalue weighted by Gasteiger charge is 2.27. The van der Waals surface area contributed by atoms with Crippen molar-refractivity contribution in [1.82, 2.24) is 14.5 Å². The Hall–Kier alpha value is -2.84. The fourth-order valence-corrected chi connectivity index (χ4v) is 3.96. The zero-order valence-corrected chi connectivity index (χ0v) is 16.7. The summed E-state index contributed by atoms with van der Waals surface area (Å²) in [5, 5.41) is 0.326. The number of para-hydroxylation sites is 1. The van der Waals surface area contributed by atoms with Crippen molar-refractivity contribution in [2.45, 2.75) is 19.4 Å². The lowest BCUT2D eigenvalue weighted by Crippen LogP contribution is -2.30. The molecule has 1 aromatic heterocycles. The number of aromatic nitrogens is 2. The van der Waals surface area contributed by atoms with Gasteiger partial charge in [-0.3, -0.25) is 9.59 Å². The number of rotatable bonds is 4. The first-order chi connectivity index (χ1) is 14.0. The molecule has 4 rings (SSSR count). The molecule has 2 heterocycles. The van der Waals surface area contributed by atoms with Gasteiger partial charge in [-0.25, -0.2) is 8.96 Å². The van der Waals surface area contributed by atoms with E-state index in [-0.39, 0.29) is 22.5 Å². The average molecular weight is 413 g/mol. The summed E-state index contributed by atoms with van der Waals surface area (Å²) in [7, 11) is 0. The van der Waals surface area contributed by atoms with Crippen molar-refractivity contribution in [3.05, 3.63) is 69.0 Å². The summed E-state index contributed by atoms with van der Waals surface area (Å²) in [5.74, 6) is -0.662. The minimum absolute atomic E-state index is 0.0585. The van der Waals surface area contributed by atoms with E-state index >= 15 is 0 Å². The van der Waals surface area contributed by atoms with Gasteiger partial charge in [0.2, 0.25) is 0 Å². The molecule has 0 radical (unpaired) electrons. The van der Waals surface area contributed by atoms with Gasteiger partial charge in [0.25, 0.3) is 11.5 Å². The van der Waals surface area contributed by atoms with Gasteiger partial charge < -0.3 is 14.6 Å². The first-order valence-corrected chi connectivity index (χ1v) is 9.85. The van der Waals surface area contributed by atoms with Crippen LogP contribution in [0.3, 0.4) is 0 Å². The molecule has 1 atom stereocenters. The van der Waals surface area contributed by atoms with Gasteiger partial charge in [0, 0.05) is 25.3 Å². The lowest BCUT2D eigenvalue weighted by atomic mass is 10.1. The second-order valence-electron chi connectivity index (χ2n) is 6.90. The van der Waals surface area contributed by atoms with Gasteiger partial charge in [0.05, 0.1) is 22.7 Å². The Kier molecular flexibility index (Phi) is 5.29. The molecule has 1 saturated heterocycles. The Morgan fingerprint density at radius 3 is 2.86 bits per heavy atom. The highest BCUT2D eigenvalue weighted by Crippen LogP contribution is 2.19. The second kappa shape index (κ2) is 7.88. The van der Waals surface area contributed by atoms with Crippen LogP contribution >= 0.6 is 12.2 Å². The predicted molar refractivity (Wildman–Crippen MR) is 111 cm³/mol. The highest BCUT2D eigenvalue weighted by molar-refractivity contribution is 7.71. The molecule has 1 aliphatic heterocycles. The number of nitrogens with one attached hydrogen (secondary N) is 1. The number of ether oxygens (including phenoxy) is 1. The molecule has 1 amide bonds. The third kappa shape index (κ3) is 3.61. The first-order valence-electron chi connectivity index (χ1n) is 9.44. The van der Waals surface area contributed by atoms with Crippen LogP contribution in [0.2, 0.25) is 0 Å². The predicted octanol–water partition coefficient (Wildman–Crippen LogP) is 3.44. The molecule has 1 aliphatic rings. The monoisotopic (exact) mass is 413 g/mol.